The number of amides is 2. The number of nitrogens with two attached hydrogens (primary N) is 1. The quantitative estimate of drug-likeness (QED) is 0.831. The van der Waals surface area contributed by atoms with Gasteiger partial charge in [-0.15, -0.1) is 24.0 Å². The van der Waals surface area contributed by atoms with Gasteiger partial charge < -0.3 is 10.6 Å². The molecule has 0 saturated carbocycles. The molecule has 0 bridgehead atoms. The fourth-order valence-corrected chi connectivity index (χ4v) is 3.33. The monoisotopic (exact) mass is 284 g/mol. The minimum absolute atomic E-state index is 0.0674. The lowest BCUT2D eigenvalue weighted by atomic mass is 9.93. The molecule has 0 radical (unpaired) electrons. The highest BCUT2D eigenvalue weighted by Crippen LogP contribution is 2.24. The van der Waals surface area contributed by atoms with E-state index < -0.39 is 0 Å². The van der Waals surface area contributed by atoms with Crippen LogP contribution in [0.5, 0.6) is 0 Å². The van der Waals surface area contributed by atoms with Crippen LogP contribution in [-0.4, -0.2) is 29.8 Å². The van der Waals surface area contributed by atoms with E-state index in [1.807, 2.05) is 10.3 Å². The maximum absolute atomic E-state index is 12.2. The molecule has 2 N–H and O–H groups in total. The summed E-state index contributed by atoms with van der Waals surface area (Å²) in [4.78, 5) is 26.4. The fourth-order valence-electron chi connectivity index (χ4n) is 2.22. The van der Waals surface area contributed by atoms with E-state index in [0.29, 0.717) is 25.4 Å². The Kier molecular flexibility index (Phi) is 4.29. The molecular formula is C12H16N2O2S2. The summed E-state index contributed by atoms with van der Waals surface area (Å²) >= 11 is 5.62. The Bertz CT molecular complexity index is 451. The Hall–Kier alpha value is -1.01. The number of piperidine rings is 1. The predicted octanol–water partition coefficient (Wildman–Crippen LogP) is 1.76. The maximum atomic E-state index is 12.2. The van der Waals surface area contributed by atoms with Crippen LogP contribution in [0.4, 0.5) is 0 Å². The van der Waals surface area contributed by atoms with Crippen molar-refractivity contribution in [3.05, 3.63) is 16.3 Å². The van der Waals surface area contributed by atoms with Gasteiger partial charge >= 0.3 is 0 Å². The number of likely N-dealkylation sites (tertiary alicyclic amines) is 1. The molecule has 0 atom stereocenters. The third-order valence-corrected chi connectivity index (χ3v) is 4.54. The van der Waals surface area contributed by atoms with Crippen LogP contribution < -0.4 is 5.73 Å². The Morgan fingerprint density at radius 2 is 2.11 bits per heavy atom. The largest absolute Gasteiger partial charge is 0.370 e. The fraction of sp³-hybridized carbons (Fsp3) is 0.500. The highest BCUT2D eigenvalue weighted by Gasteiger charge is 2.25. The van der Waals surface area contributed by atoms with Crippen LogP contribution in [0, 0.1) is 5.92 Å². The third kappa shape index (κ3) is 3.26. The lowest BCUT2D eigenvalue weighted by Gasteiger charge is -2.31. The molecule has 0 spiro atoms. The van der Waals surface area contributed by atoms with Gasteiger partial charge in [-0.2, -0.15) is 0 Å². The second-order valence-electron chi connectivity index (χ2n) is 4.58. The number of thiol groups is 1. The molecule has 6 heteroatoms. The Balaban J connectivity index is 1.90. The first-order valence-corrected chi connectivity index (χ1v) is 7.24. The normalized spacial score (nSPS) is 16.8. The van der Waals surface area contributed by atoms with E-state index >= 15 is 0 Å². The summed E-state index contributed by atoms with van der Waals surface area (Å²) in [5.41, 5.74) is 5.19. The average Bonchev–Trinajstić information content (AvgIpc) is 2.75. The van der Waals surface area contributed by atoms with Crippen molar-refractivity contribution in [1.29, 1.82) is 0 Å². The van der Waals surface area contributed by atoms with Crippen LogP contribution in [0.2, 0.25) is 0 Å². The summed E-state index contributed by atoms with van der Waals surface area (Å²) in [6.07, 6.45) is 2.14. The number of carbonyl (C=O) groups excluding carboxylic acids is 2. The predicted molar refractivity (Wildman–Crippen MR) is 74.0 cm³/mol. The van der Waals surface area contributed by atoms with Crippen molar-refractivity contribution in [2.24, 2.45) is 11.7 Å². The number of carbonyl (C=O) groups is 2. The number of hydrogen-bond acceptors (Lipinski definition) is 4. The molecule has 1 aliphatic heterocycles. The minimum Gasteiger partial charge on any atom is -0.370 e. The Morgan fingerprint density at radius 1 is 1.44 bits per heavy atom. The van der Waals surface area contributed by atoms with E-state index in [-0.39, 0.29) is 11.8 Å². The van der Waals surface area contributed by atoms with E-state index in [2.05, 4.69) is 12.6 Å². The summed E-state index contributed by atoms with van der Waals surface area (Å²) in [6, 6.07) is 1.80. The van der Waals surface area contributed by atoms with Crippen LogP contribution in [0.15, 0.2) is 16.3 Å². The van der Waals surface area contributed by atoms with Gasteiger partial charge in [0.1, 0.15) is 0 Å². The first kappa shape index (κ1) is 13.4. The smallest absolute Gasteiger partial charge is 0.263 e. The van der Waals surface area contributed by atoms with E-state index in [9.17, 15) is 9.59 Å². The number of thiophene rings is 1. The summed E-state index contributed by atoms with van der Waals surface area (Å²) in [6.45, 7) is 1.41. The van der Waals surface area contributed by atoms with Gasteiger partial charge in [-0.05, 0) is 24.8 Å². The zero-order valence-electron chi connectivity index (χ0n) is 9.96. The number of hydrogen-bond donors (Lipinski definition) is 2. The van der Waals surface area contributed by atoms with Crippen LogP contribution in [-0.2, 0) is 4.79 Å². The van der Waals surface area contributed by atoms with Crippen LogP contribution in [0.3, 0.4) is 0 Å². The van der Waals surface area contributed by atoms with Gasteiger partial charge in [0.2, 0.25) is 5.91 Å². The van der Waals surface area contributed by atoms with Crippen molar-refractivity contribution in [3.63, 3.8) is 0 Å². The Labute approximate surface area is 116 Å². The third-order valence-electron chi connectivity index (χ3n) is 3.19. The lowest BCUT2D eigenvalue weighted by molar-refractivity contribution is -0.119. The van der Waals surface area contributed by atoms with Crippen molar-refractivity contribution in [2.75, 3.05) is 13.1 Å². The highest BCUT2D eigenvalue weighted by molar-refractivity contribution is 7.80. The zero-order valence-corrected chi connectivity index (χ0v) is 11.7. The van der Waals surface area contributed by atoms with E-state index in [4.69, 9.17) is 5.73 Å². The van der Waals surface area contributed by atoms with Crippen molar-refractivity contribution >= 4 is 35.8 Å². The molecule has 4 nitrogen and oxygen atoms in total. The molecule has 0 unspecified atom stereocenters. The molecule has 1 aromatic rings. The number of nitrogens with zero attached hydrogens (tertiary/aromatic N) is 1. The standard InChI is InChI=1S/C12H16N2O2S2/c13-11(15)5-8-1-3-14(4-2-8)12(16)10-6-9(17)7-18-10/h6-8,17H,1-5H2,(H2,13,15). The molecule has 2 heterocycles. The summed E-state index contributed by atoms with van der Waals surface area (Å²) in [7, 11) is 0. The first-order valence-electron chi connectivity index (χ1n) is 5.91. The second kappa shape index (κ2) is 5.75. The van der Waals surface area contributed by atoms with Gasteiger partial charge in [-0.1, -0.05) is 0 Å². The van der Waals surface area contributed by atoms with Gasteiger partial charge in [0.05, 0.1) is 4.88 Å². The molecule has 1 aliphatic rings. The molecule has 1 saturated heterocycles. The summed E-state index contributed by atoms with van der Waals surface area (Å²) in [5, 5.41) is 1.86. The molecular weight excluding hydrogens is 268 g/mol. The summed E-state index contributed by atoms with van der Waals surface area (Å²) < 4.78 is 0. The molecule has 2 amide bonds. The van der Waals surface area contributed by atoms with Crippen molar-refractivity contribution in [1.82, 2.24) is 4.90 Å². The van der Waals surface area contributed by atoms with E-state index in [1.165, 1.54) is 11.3 Å². The topological polar surface area (TPSA) is 63.4 Å². The number of rotatable bonds is 3. The highest BCUT2D eigenvalue weighted by atomic mass is 32.1. The van der Waals surface area contributed by atoms with Crippen molar-refractivity contribution in [3.8, 4) is 0 Å². The SMILES string of the molecule is NC(=O)CC1CCN(C(=O)c2cc(S)cs2)CC1. The van der Waals surface area contributed by atoms with Crippen molar-refractivity contribution in [2.45, 2.75) is 24.2 Å². The van der Waals surface area contributed by atoms with E-state index in [0.717, 1.165) is 22.6 Å². The first-order chi connectivity index (χ1) is 8.56. The van der Waals surface area contributed by atoms with Gasteiger partial charge in [-0.3, -0.25) is 9.59 Å². The van der Waals surface area contributed by atoms with Crippen LogP contribution >= 0.6 is 24.0 Å². The zero-order chi connectivity index (χ0) is 13.1. The maximum Gasteiger partial charge on any atom is 0.263 e. The minimum atomic E-state index is -0.252. The lowest BCUT2D eigenvalue weighted by Crippen LogP contribution is -2.39. The van der Waals surface area contributed by atoms with Gasteiger partial charge in [0.25, 0.3) is 5.91 Å². The molecule has 1 fully saturated rings. The molecule has 1 aromatic heterocycles. The molecule has 0 aliphatic carbocycles. The molecule has 18 heavy (non-hydrogen) atoms. The second-order valence-corrected chi connectivity index (χ2v) is 6.00. The summed E-state index contributed by atoms with van der Waals surface area (Å²) in [5.74, 6) is 0.144. The average molecular weight is 284 g/mol. The van der Waals surface area contributed by atoms with Gasteiger partial charge in [0.15, 0.2) is 0 Å². The van der Waals surface area contributed by atoms with Crippen LogP contribution in [0.25, 0.3) is 0 Å². The molecule has 2 rings (SSSR count). The Morgan fingerprint density at radius 3 is 2.61 bits per heavy atom. The van der Waals surface area contributed by atoms with Crippen molar-refractivity contribution < 1.29 is 9.59 Å². The molecule has 98 valence electrons. The van der Waals surface area contributed by atoms with E-state index in [1.54, 1.807) is 6.07 Å². The van der Waals surface area contributed by atoms with Gasteiger partial charge in [-0.25, -0.2) is 0 Å². The number of primary amides is 1. The molecule has 0 aromatic carbocycles. The van der Waals surface area contributed by atoms with Gasteiger partial charge in [0, 0.05) is 29.8 Å². The van der Waals surface area contributed by atoms with Crippen LogP contribution in [0.1, 0.15) is 28.9 Å².